The molecular formula is C15H18FN3. The Hall–Kier alpha value is -1.60. The van der Waals surface area contributed by atoms with Gasteiger partial charge in [0.2, 0.25) is 0 Å². The lowest BCUT2D eigenvalue weighted by atomic mass is 10.1. The van der Waals surface area contributed by atoms with Gasteiger partial charge in [-0.3, -0.25) is 4.90 Å². The van der Waals surface area contributed by atoms with Crippen LogP contribution < -0.4 is 4.90 Å². The Morgan fingerprint density at radius 1 is 1.21 bits per heavy atom. The van der Waals surface area contributed by atoms with E-state index in [0.717, 1.165) is 31.7 Å². The number of rotatable bonds is 1. The number of nitriles is 1. The zero-order chi connectivity index (χ0) is 13.2. The highest BCUT2D eigenvalue weighted by Gasteiger charge is 2.29. The lowest BCUT2D eigenvalue weighted by Gasteiger charge is -2.28. The fourth-order valence-corrected chi connectivity index (χ4v) is 3.31. The van der Waals surface area contributed by atoms with Crippen LogP contribution in [0.1, 0.15) is 24.8 Å². The topological polar surface area (TPSA) is 30.3 Å². The van der Waals surface area contributed by atoms with Crippen LogP contribution in [0.25, 0.3) is 0 Å². The van der Waals surface area contributed by atoms with E-state index >= 15 is 0 Å². The van der Waals surface area contributed by atoms with E-state index in [9.17, 15) is 4.39 Å². The van der Waals surface area contributed by atoms with Gasteiger partial charge in [-0.25, -0.2) is 4.39 Å². The van der Waals surface area contributed by atoms with Gasteiger partial charge in [0.25, 0.3) is 0 Å². The minimum Gasteiger partial charge on any atom is -0.369 e. The second-order valence-corrected chi connectivity index (χ2v) is 5.38. The summed E-state index contributed by atoms with van der Waals surface area (Å²) in [6.07, 6.45) is 3.55. The first-order valence-corrected chi connectivity index (χ1v) is 6.97. The summed E-state index contributed by atoms with van der Waals surface area (Å²) >= 11 is 0. The molecule has 100 valence electrons. The minimum absolute atomic E-state index is 0.189. The maximum absolute atomic E-state index is 13.7. The Bertz CT molecular complexity index is 509. The second kappa shape index (κ2) is 5.18. The van der Waals surface area contributed by atoms with E-state index in [1.54, 1.807) is 6.07 Å². The summed E-state index contributed by atoms with van der Waals surface area (Å²) in [5.41, 5.74) is 0.949. The molecule has 3 nitrogen and oxygen atoms in total. The number of halogens is 1. The van der Waals surface area contributed by atoms with E-state index in [2.05, 4.69) is 9.80 Å². The molecular weight excluding hydrogens is 241 g/mol. The molecule has 0 amide bonds. The lowest BCUT2D eigenvalue weighted by molar-refractivity contribution is 0.273. The van der Waals surface area contributed by atoms with Crippen molar-refractivity contribution in [3.8, 4) is 6.07 Å². The predicted octanol–water partition coefficient (Wildman–Crippen LogP) is 2.37. The van der Waals surface area contributed by atoms with Crippen LogP contribution in [-0.2, 0) is 0 Å². The van der Waals surface area contributed by atoms with Crippen LogP contribution in [0, 0.1) is 17.1 Å². The first-order valence-electron chi connectivity index (χ1n) is 6.97. The average Bonchev–Trinajstić information content (AvgIpc) is 2.76. The van der Waals surface area contributed by atoms with E-state index in [1.165, 1.54) is 25.5 Å². The van der Waals surface area contributed by atoms with Crippen molar-refractivity contribution in [3.63, 3.8) is 0 Å². The fraction of sp³-hybridized carbons (Fsp3) is 0.533. The van der Waals surface area contributed by atoms with Crippen molar-refractivity contribution >= 4 is 5.69 Å². The normalized spacial score (nSPS) is 23.8. The third-order valence-electron chi connectivity index (χ3n) is 4.25. The molecule has 2 aliphatic rings. The van der Waals surface area contributed by atoms with Gasteiger partial charge < -0.3 is 4.90 Å². The molecule has 0 spiro atoms. The van der Waals surface area contributed by atoms with E-state index in [0.29, 0.717) is 6.04 Å². The average molecular weight is 259 g/mol. The molecule has 1 atom stereocenters. The summed E-state index contributed by atoms with van der Waals surface area (Å²) in [5.74, 6) is -0.410. The Morgan fingerprint density at radius 3 is 2.89 bits per heavy atom. The summed E-state index contributed by atoms with van der Waals surface area (Å²) in [6, 6.07) is 7.51. The number of nitrogens with zero attached hydrogens (tertiary/aromatic N) is 3. The van der Waals surface area contributed by atoms with Crippen molar-refractivity contribution in [2.75, 3.05) is 31.1 Å². The fourth-order valence-electron chi connectivity index (χ4n) is 3.31. The molecule has 2 heterocycles. The van der Waals surface area contributed by atoms with Gasteiger partial charge in [0, 0.05) is 25.7 Å². The highest BCUT2D eigenvalue weighted by atomic mass is 19.1. The second-order valence-electron chi connectivity index (χ2n) is 5.38. The van der Waals surface area contributed by atoms with Crippen molar-refractivity contribution in [3.05, 3.63) is 29.6 Å². The third kappa shape index (κ3) is 2.31. The molecule has 1 aromatic rings. The minimum atomic E-state index is -0.410. The van der Waals surface area contributed by atoms with Gasteiger partial charge in [-0.1, -0.05) is 6.07 Å². The van der Waals surface area contributed by atoms with Crippen molar-refractivity contribution in [1.29, 1.82) is 5.26 Å². The van der Waals surface area contributed by atoms with Crippen LogP contribution in [-0.4, -0.2) is 37.1 Å². The van der Waals surface area contributed by atoms with Crippen LogP contribution in [0.5, 0.6) is 0 Å². The van der Waals surface area contributed by atoms with Gasteiger partial charge in [-0.05, 0) is 37.9 Å². The Kier molecular flexibility index (Phi) is 3.39. The number of hydrogen-bond acceptors (Lipinski definition) is 3. The number of fused-ring (bicyclic) bond motifs is 1. The van der Waals surface area contributed by atoms with Crippen molar-refractivity contribution in [2.45, 2.75) is 25.3 Å². The van der Waals surface area contributed by atoms with Gasteiger partial charge >= 0.3 is 0 Å². The smallest absolute Gasteiger partial charge is 0.143 e. The largest absolute Gasteiger partial charge is 0.369 e. The Morgan fingerprint density at radius 2 is 2.05 bits per heavy atom. The molecule has 0 aliphatic carbocycles. The molecule has 2 aliphatic heterocycles. The van der Waals surface area contributed by atoms with Crippen LogP contribution in [0.4, 0.5) is 10.1 Å². The third-order valence-corrected chi connectivity index (χ3v) is 4.25. The molecule has 4 heteroatoms. The lowest BCUT2D eigenvalue weighted by Crippen LogP contribution is -2.37. The SMILES string of the molecule is N#Cc1c(F)cccc1N1CCCN2CCCC2C1. The zero-order valence-corrected chi connectivity index (χ0v) is 11.0. The summed E-state index contributed by atoms with van der Waals surface area (Å²) in [6.45, 7) is 4.13. The molecule has 0 radical (unpaired) electrons. The number of benzene rings is 1. The molecule has 1 aromatic carbocycles. The van der Waals surface area contributed by atoms with Gasteiger partial charge in [-0.2, -0.15) is 5.26 Å². The first-order chi connectivity index (χ1) is 9.29. The van der Waals surface area contributed by atoms with Crippen LogP contribution >= 0.6 is 0 Å². The molecule has 2 fully saturated rings. The van der Waals surface area contributed by atoms with Gasteiger partial charge in [0.1, 0.15) is 17.4 Å². The van der Waals surface area contributed by atoms with E-state index in [4.69, 9.17) is 5.26 Å². The van der Waals surface area contributed by atoms with Crippen LogP contribution in [0.3, 0.4) is 0 Å². The summed E-state index contributed by atoms with van der Waals surface area (Å²) in [5, 5.41) is 9.16. The maximum Gasteiger partial charge on any atom is 0.143 e. The van der Waals surface area contributed by atoms with Crippen molar-refractivity contribution in [2.24, 2.45) is 0 Å². The summed E-state index contributed by atoms with van der Waals surface area (Å²) in [7, 11) is 0. The van der Waals surface area contributed by atoms with Gasteiger partial charge in [-0.15, -0.1) is 0 Å². The maximum atomic E-state index is 13.7. The monoisotopic (exact) mass is 259 g/mol. The first kappa shape index (κ1) is 12.4. The van der Waals surface area contributed by atoms with Crippen molar-refractivity contribution in [1.82, 2.24) is 4.90 Å². The van der Waals surface area contributed by atoms with E-state index in [-0.39, 0.29) is 5.56 Å². The summed E-state index contributed by atoms with van der Waals surface area (Å²) in [4.78, 5) is 4.73. The highest BCUT2D eigenvalue weighted by molar-refractivity contribution is 5.60. The molecule has 19 heavy (non-hydrogen) atoms. The van der Waals surface area contributed by atoms with E-state index < -0.39 is 5.82 Å². The van der Waals surface area contributed by atoms with E-state index in [1.807, 2.05) is 12.1 Å². The molecule has 0 saturated carbocycles. The predicted molar refractivity (Wildman–Crippen MR) is 72.5 cm³/mol. The molecule has 2 saturated heterocycles. The molecule has 0 aromatic heterocycles. The zero-order valence-electron chi connectivity index (χ0n) is 11.0. The highest BCUT2D eigenvalue weighted by Crippen LogP contribution is 2.28. The molecule has 3 rings (SSSR count). The number of hydrogen-bond donors (Lipinski definition) is 0. The summed E-state index contributed by atoms with van der Waals surface area (Å²) < 4.78 is 13.7. The van der Waals surface area contributed by atoms with Gasteiger partial charge in [0.05, 0.1) is 5.69 Å². The van der Waals surface area contributed by atoms with Gasteiger partial charge in [0.15, 0.2) is 0 Å². The molecule has 0 bridgehead atoms. The Balaban J connectivity index is 1.89. The number of anilines is 1. The van der Waals surface area contributed by atoms with Crippen LogP contribution in [0.15, 0.2) is 18.2 Å². The Labute approximate surface area is 113 Å². The quantitative estimate of drug-likeness (QED) is 0.775. The van der Waals surface area contributed by atoms with Crippen LogP contribution in [0.2, 0.25) is 0 Å². The molecule has 0 N–H and O–H groups in total. The standard InChI is InChI=1S/C15H18FN3/c16-14-5-1-6-15(13(14)10-17)19-9-3-8-18-7-2-4-12(18)11-19/h1,5-6,12H,2-4,7-9,11H2. The molecule has 1 unspecified atom stereocenters. The van der Waals surface area contributed by atoms with Crippen molar-refractivity contribution < 1.29 is 4.39 Å².